The fraction of sp³-hybridized carbons (Fsp3) is 0.789. The lowest BCUT2D eigenvalue weighted by atomic mass is 10.0. The molecule has 140 valence electrons. The van der Waals surface area contributed by atoms with Gasteiger partial charge in [-0.25, -0.2) is 0 Å². The summed E-state index contributed by atoms with van der Waals surface area (Å²) in [5, 5.41) is 8.24. The van der Waals surface area contributed by atoms with Crippen LogP contribution in [-0.2, 0) is 14.3 Å². The fourth-order valence-corrected chi connectivity index (χ4v) is 2.30. The van der Waals surface area contributed by atoms with Crippen LogP contribution in [0.3, 0.4) is 0 Å². The van der Waals surface area contributed by atoms with Crippen LogP contribution in [0.2, 0.25) is 0 Å². The van der Waals surface area contributed by atoms with Gasteiger partial charge in [-0.2, -0.15) is 0 Å². The Bertz CT molecular complexity index is 366. The van der Waals surface area contributed by atoms with Crippen molar-refractivity contribution in [1.29, 1.82) is 0 Å². The SMILES string of the molecule is CC(O)CN.CCCCCCCCCC/C=C\C1CC(=O)OC1=O. The molecule has 1 aliphatic rings. The van der Waals surface area contributed by atoms with Gasteiger partial charge in [-0.05, 0) is 19.8 Å². The van der Waals surface area contributed by atoms with E-state index in [1.807, 2.05) is 12.2 Å². The number of cyclic esters (lactones) is 2. The van der Waals surface area contributed by atoms with Gasteiger partial charge in [0.25, 0.3) is 0 Å². The van der Waals surface area contributed by atoms with Crippen LogP contribution in [0.5, 0.6) is 0 Å². The van der Waals surface area contributed by atoms with E-state index in [1.165, 1.54) is 51.4 Å². The van der Waals surface area contributed by atoms with Crippen molar-refractivity contribution >= 4 is 11.9 Å². The average molecular weight is 341 g/mol. The standard InChI is InChI=1S/C16H26O3.C3H9NO/c1-2-3-4-5-6-7-8-9-10-11-12-14-13-15(17)19-16(14)18;1-3(5)2-4/h11-12,14H,2-10,13H2,1H3;3,5H,2,4H2,1H3/b12-11-;. The highest BCUT2D eigenvalue weighted by Crippen LogP contribution is 2.17. The number of aliphatic hydroxyl groups excluding tert-OH is 1. The number of rotatable bonds is 11. The molecule has 0 amide bonds. The first-order valence-corrected chi connectivity index (χ1v) is 9.30. The van der Waals surface area contributed by atoms with E-state index in [-0.39, 0.29) is 18.4 Å². The normalized spacial score (nSPS) is 18.4. The van der Waals surface area contributed by atoms with Crippen LogP contribution in [0.25, 0.3) is 0 Å². The molecule has 0 bridgehead atoms. The molecule has 0 aromatic heterocycles. The number of hydrogen-bond acceptors (Lipinski definition) is 5. The van der Waals surface area contributed by atoms with Crippen molar-refractivity contribution in [2.75, 3.05) is 6.54 Å². The zero-order valence-corrected chi connectivity index (χ0v) is 15.3. The number of ether oxygens (including phenoxy) is 1. The molecule has 3 N–H and O–H groups in total. The summed E-state index contributed by atoms with van der Waals surface area (Å²) in [6.07, 6.45) is 15.2. The van der Waals surface area contributed by atoms with Gasteiger partial charge in [-0.3, -0.25) is 9.59 Å². The molecule has 0 aliphatic carbocycles. The minimum Gasteiger partial charge on any atom is -0.393 e. The molecule has 1 saturated heterocycles. The van der Waals surface area contributed by atoms with Gasteiger partial charge in [0.15, 0.2) is 0 Å². The molecule has 5 nitrogen and oxygen atoms in total. The topological polar surface area (TPSA) is 89.6 Å². The predicted octanol–water partition coefficient (Wildman–Crippen LogP) is 3.49. The molecule has 1 aliphatic heterocycles. The minimum absolute atomic E-state index is 0.215. The van der Waals surface area contributed by atoms with Crippen molar-refractivity contribution in [2.45, 2.75) is 84.2 Å². The molecule has 2 unspecified atom stereocenters. The summed E-state index contributed by atoms with van der Waals surface area (Å²) in [4.78, 5) is 22.1. The summed E-state index contributed by atoms with van der Waals surface area (Å²) < 4.78 is 4.49. The zero-order chi connectivity index (χ0) is 18.2. The molecular formula is C19H35NO4. The molecule has 24 heavy (non-hydrogen) atoms. The molecule has 1 fully saturated rings. The lowest BCUT2D eigenvalue weighted by molar-refractivity contribution is -0.152. The molecule has 0 saturated carbocycles. The smallest absolute Gasteiger partial charge is 0.321 e. The first-order valence-electron chi connectivity index (χ1n) is 9.30. The second-order valence-electron chi connectivity index (χ2n) is 6.38. The summed E-state index contributed by atoms with van der Waals surface area (Å²) >= 11 is 0. The van der Waals surface area contributed by atoms with Crippen LogP contribution in [0.1, 0.15) is 78.1 Å². The third-order valence-electron chi connectivity index (χ3n) is 3.84. The number of allylic oxidation sites excluding steroid dienone is 1. The van der Waals surface area contributed by atoms with Gasteiger partial charge < -0.3 is 15.6 Å². The fourth-order valence-electron chi connectivity index (χ4n) is 2.30. The van der Waals surface area contributed by atoms with Gasteiger partial charge in [0.2, 0.25) is 0 Å². The maximum atomic E-state index is 11.2. The monoisotopic (exact) mass is 341 g/mol. The quantitative estimate of drug-likeness (QED) is 0.260. The Kier molecular flexibility index (Phi) is 14.6. The molecule has 2 atom stereocenters. The van der Waals surface area contributed by atoms with E-state index in [0.29, 0.717) is 6.54 Å². The summed E-state index contributed by atoms with van der Waals surface area (Å²) in [7, 11) is 0. The number of nitrogens with two attached hydrogens (primary N) is 1. The number of hydrogen-bond donors (Lipinski definition) is 2. The average Bonchev–Trinajstić information content (AvgIpc) is 2.87. The molecule has 0 aromatic rings. The highest BCUT2D eigenvalue weighted by molar-refractivity contribution is 5.95. The Balaban J connectivity index is 0.000000922. The minimum atomic E-state index is -0.397. The Morgan fingerprint density at radius 3 is 2.17 bits per heavy atom. The van der Waals surface area contributed by atoms with Crippen LogP contribution >= 0.6 is 0 Å². The van der Waals surface area contributed by atoms with Gasteiger partial charge >= 0.3 is 11.9 Å². The summed E-state index contributed by atoms with van der Waals surface area (Å²) in [5.41, 5.74) is 4.92. The summed E-state index contributed by atoms with van der Waals surface area (Å²) in [6.45, 7) is 4.25. The highest BCUT2D eigenvalue weighted by atomic mass is 16.6. The van der Waals surface area contributed by atoms with Crippen molar-refractivity contribution < 1.29 is 19.4 Å². The van der Waals surface area contributed by atoms with E-state index in [1.54, 1.807) is 6.92 Å². The van der Waals surface area contributed by atoms with E-state index in [0.717, 1.165) is 6.42 Å². The number of carbonyl (C=O) groups excluding carboxylic acids is 2. The van der Waals surface area contributed by atoms with Crippen LogP contribution in [0.4, 0.5) is 0 Å². The van der Waals surface area contributed by atoms with E-state index in [9.17, 15) is 9.59 Å². The lowest BCUT2D eigenvalue weighted by Gasteiger charge is -2.00. The zero-order valence-electron chi connectivity index (χ0n) is 15.3. The van der Waals surface area contributed by atoms with Gasteiger partial charge in [-0.1, -0.05) is 64.0 Å². The van der Waals surface area contributed by atoms with Crippen molar-refractivity contribution in [3.63, 3.8) is 0 Å². The van der Waals surface area contributed by atoms with Crippen molar-refractivity contribution in [3.8, 4) is 0 Å². The van der Waals surface area contributed by atoms with Crippen LogP contribution in [0.15, 0.2) is 12.2 Å². The number of unbranched alkanes of at least 4 members (excludes halogenated alkanes) is 8. The van der Waals surface area contributed by atoms with E-state index in [2.05, 4.69) is 11.7 Å². The van der Waals surface area contributed by atoms with E-state index in [4.69, 9.17) is 10.8 Å². The predicted molar refractivity (Wildman–Crippen MR) is 96.3 cm³/mol. The number of esters is 2. The highest BCUT2D eigenvalue weighted by Gasteiger charge is 2.30. The Labute approximate surface area is 146 Å². The first kappa shape index (κ1) is 22.8. The van der Waals surface area contributed by atoms with Crippen LogP contribution in [-0.4, -0.2) is 29.7 Å². The van der Waals surface area contributed by atoms with Gasteiger partial charge in [0.1, 0.15) is 0 Å². The Morgan fingerprint density at radius 2 is 1.71 bits per heavy atom. The molecule has 0 aromatic carbocycles. The molecule has 0 spiro atoms. The van der Waals surface area contributed by atoms with Gasteiger partial charge in [0, 0.05) is 6.54 Å². The van der Waals surface area contributed by atoms with Crippen molar-refractivity contribution in [3.05, 3.63) is 12.2 Å². The van der Waals surface area contributed by atoms with Crippen LogP contribution in [0, 0.1) is 5.92 Å². The molecule has 5 heteroatoms. The van der Waals surface area contributed by atoms with Crippen molar-refractivity contribution in [1.82, 2.24) is 0 Å². The Hall–Kier alpha value is -1.20. The van der Waals surface area contributed by atoms with Crippen molar-refractivity contribution in [2.24, 2.45) is 11.7 Å². The molecule has 0 radical (unpaired) electrons. The number of carbonyl (C=O) groups is 2. The maximum Gasteiger partial charge on any atom is 0.321 e. The summed E-state index contributed by atoms with van der Waals surface area (Å²) in [5.74, 6) is -1.12. The van der Waals surface area contributed by atoms with Crippen LogP contribution < -0.4 is 5.73 Å². The first-order chi connectivity index (χ1) is 11.5. The van der Waals surface area contributed by atoms with E-state index >= 15 is 0 Å². The second-order valence-corrected chi connectivity index (χ2v) is 6.38. The second kappa shape index (κ2) is 15.3. The van der Waals surface area contributed by atoms with E-state index < -0.39 is 11.9 Å². The largest absolute Gasteiger partial charge is 0.393 e. The molecule has 1 rings (SSSR count). The lowest BCUT2D eigenvalue weighted by Crippen LogP contribution is -2.14. The maximum absolute atomic E-state index is 11.2. The van der Waals surface area contributed by atoms with Gasteiger partial charge in [0.05, 0.1) is 18.4 Å². The van der Waals surface area contributed by atoms with Gasteiger partial charge in [-0.15, -0.1) is 0 Å². The Morgan fingerprint density at radius 1 is 1.17 bits per heavy atom. The summed E-state index contributed by atoms with van der Waals surface area (Å²) in [6, 6.07) is 0. The third-order valence-corrected chi connectivity index (χ3v) is 3.84. The molecule has 1 heterocycles. The molecular weight excluding hydrogens is 306 g/mol. The number of aliphatic hydroxyl groups is 1. The third kappa shape index (κ3) is 13.3.